The number of carbonyl (C=O) groups is 2. The summed E-state index contributed by atoms with van der Waals surface area (Å²) < 4.78 is 5.86. The van der Waals surface area contributed by atoms with Gasteiger partial charge in [0.2, 0.25) is 5.91 Å². The Morgan fingerprint density at radius 3 is 1.61 bits per heavy atom. The Balaban J connectivity index is 4.72. The zero-order valence-electron chi connectivity index (χ0n) is 36.9. The van der Waals surface area contributed by atoms with Crippen LogP contribution in [0.25, 0.3) is 0 Å². The summed E-state index contributed by atoms with van der Waals surface area (Å²) in [6, 6.07) is -0.723. The number of ether oxygens (including phenoxy) is 1. The standard InChI is InChI=1S/C51H87NO5/c1-4-7-10-13-16-19-22-25-28-31-34-37-40-43-49(54)48(46-53)52-50(55)45-47(42-39-36-33-30-27-24-21-18-15-12-9-6-3)57-51(56)44-41-38-35-32-29-26-23-20-17-14-11-8-5-2/h8-9,11-12,14,17-18,20-21,23,26,29,32,35,47-49,53-54H,4-7,10,13,15-16,19,22,24-25,27-28,30-31,33-34,36-46H2,1-3H3,(H,52,55)/b11-8+,12-9+,17-14+,21-18+,23-20-,29-26-,35-32+. The largest absolute Gasteiger partial charge is 0.462 e. The average Bonchev–Trinajstić information content (AvgIpc) is 3.20. The van der Waals surface area contributed by atoms with Gasteiger partial charge in [-0.25, -0.2) is 0 Å². The molecule has 3 unspecified atom stereocenters. The highest BCUT2D eigenvalue weighted by Crippen LogP contribution is 2.17. The first-order valence-corrected chi connectivity index (χ1v) is 23.4. The van der Waals surface area contributed by atoms with Gasteiger partial charge in [-0.2, -0.15) is 0 Å². The van der Waals surface area contributed by atoms with Crippen molar-refractivity contribution in [3.05, 3.63) is 85.1 Å². The van der Waals surface area contributed by atoms with E-state index < -0.39 is 18.2 Å². The molecule has 326 valence electrons. The quantitative estimate of drug-likeness (QED) is 0.0248. The van der Waals surface area contributed by atoms with Crippen molar-refractivity contribution < 1.29 is 24.5 Å². The first-order valence-electron chi connectivity index (χ1n) is 23.4. The van der Waals surface area contributed by atoms with Gasteiger partial charge in [0, 0.05) is 6.42 Å². The van der Waals surface area contributed by atoms with Crippen molar-refractivity contribution in [3.63, 3.8) is 0 Å². The van der Waals surface area contributed by atoms with Crippen molar-refractivity contribution in [1.82, 2.24) is 5.32 Å². The van der Waals surface area contributed by atoms with E-state index in [1.165, 1.54) is 64.2 Å². The molecule has 0 saturated carbocycles. The monoisotopic (exact) mass is 794 g/mol. The van der Waals surface area contributed by atoms with Crippen LogP contribution in [0.3, 0.4) is 0 Å². The molecule has 6 heteroatoms. The molecule has 57 heavy (non-hydrogen) atoms. The van der Waals surface area contributed by atoms with Crippen molar-refractivity contribution in [1.29, 1.82) is 0 Å². The third-order valence-corrected chi connectivity index (χ3v) is 10.1. The van der Waals surface area contributed by atoms with Crippen LogP contribution in [-0.4, -0.2) is 46.9 Å². The van der Waals surface area contributed by atoms with Crippen LogP contribution in [0.15, 0.2) is 85.1 Å². The van der Waals surface area contributed by atoms with Gasteiger partial charge in [0.15, 0.2) is 0 Å². The van der Waals surface area contributed by atoms with E-state index in [-0.39, 0.29) is 24.9 Å². The van der Waals surface area contributed by atoms with E-state index in [0.29, 0.717) is 25.7 Å². The summed E-state index contributed by atoms with van der Waals surface area (Å²) in [4.78, 5) is 26.0. The number of rotatable bonds is 40. The van der Waals surface area contributed by atoms with Crippen LogP contribution >= 0.6 is 0 Å². The number of esters is 1. The molecule has 6 nitrogen and oxygen atoms in total. The molecule has 0 bridgehead atoms. The molecule has 0 rings (SSSR count). The van der Waals surface area contributed by atoms with E-state index in [0.717, 1.165) is 83.5 Å². The second-order valence-electron chi connectivity index (χ2n) is 15.5. The molecule has 0 aliphatic carbocycles. The van der Waals surface area contributed by atoms with E-state index in [1.54, 1.807) is 0 Å². The summed E-state index contributed by atoms with van der Waals surface area (Å²) in [5.41, 5.74) is 0. The Hall–Kier alpha value is -2.96. The number of carbonyl (C=O) groups excluding carboxylic acids is 2. The summed E-state index contributed by atoms with van der Waals surface area (Å²) in [5.74, 6) is -0.584. The van der Waals surface area contributed by atoms with Crippen molar-refractivity contribution in [2.24, 2.45) is 0 Å². The molecule has 0 aromatic rings. The fraction of sp³-hybridized carbons (Fsp3) is 0.686. The molecule has 3 atom stereocenters. The van der Waals surface area contributed by atoms with Crippen LogP contribution in [0, 0.1) is 0 Å². The second kappa shape index (κ2) is 44.1. The number of aliphatic hydroxyl groups excluding tert-OH is 2. The van der Waals surface area contributed by atoms with Gasteiger partial charge in [-0.15, -0.1) is 0 Å². The normalized spacial score (nSPS) is 14.1. The third-order valence-electron chi connectivity index (χ3n) is 10.1. The Morgan fingerprint density at radius 1 is 0.544 bits per heavy atom. The average molecular weight is 794 g/mol. The molecule has 0 aliphatic heterocycles. The Bertz CT molecular complexity index is 1120. The van der Waals surface area contributed by atoms with Gasteiger partial charge in [-0.3, -0.25) is 9.59 Å². The van der Waals surface area contributed by atoms with Gasteiger partial charge in [-0.1, -0.05) is 209 Å². The Kier molecular flexibility index (Phi) is 41.9. The van der Waals surface area contributed by atoms with Gasteiger partial charge in [0.25, 0.3) is 0 Å². The number of amides is 1. The molecule has 0 aromatic heterocycles. The lowest BCUT2D eigenvalue weighted by molar-refractivity contribution is -0.151. The molecular weight excluding hydrogens is 707 g/mol. The predicted molar refractivity (Wildman–Crippen MR) is 245 cm³/mol. The van der Waals surface area contributed by atoms with Gasteiger partial charge in [-0.05, 0) is 64.2 Å². The van der Waals surface area contributed by atoms with E-state index in [9.17, 15) is 19.8 Å². The van der Waals surface area contributed by atoms with Gasteiger partial charge in [0.05, 0.1) is 25.2 Å². The van der Waals surface area contributed by atoms with Crippen molar-refractivity contribution in [2.75, 3.05) is 6.61 Å². The molecule has 3 N–H and O–H groups in total. The van der Waals surface area contributed by atoms with Gasteiger partial charge < -0.3 is 20.3 Å². The van der Waals surface area contributed by atoms with Crippen molar-refractivity contribution >= 4 is 11.9 Å². The highest BCUT2D eigenvalue weighted by Gasteiger charge is 2.24. The topological polar surface area (TPSA) is 95.9 Å². The van der Waals surface area contributed by atoms with Gasteiger partial charge in [0.1, 0.15) is 6.10 Å². The van der Waals surface area contributed by atoms with Crippen LogP contribution in [0.4, 0.5) is 0 Å². The molecule has 0 heterocycles. The number of hydrogen-bond acceptors (Lipinski definition) is 5. The molecule has 0 saturated heterocycles. The van der Waals surface area contributed by atoms with E-state index >= 15 is 0 Å². The third kappa shape index (κ3) is 39.6. The zero-order chi connectivity index (χ0) is 41.7. The van der Waals surface area contributed by atoms with Gasteiger partial charge >= 0.3 is 5.97 Å². The summed E-state index contributed by atoms with van der Waals surface area (Å²) in [6.45, 7) is 6.19. The maximum Gasteiger partial charge on any atom is 0.306 e. The number of allylic oxidation sites excluding steroid dienone is 14. The molecule has 0 aromatic carbocycles. The van der Waals surface area contributed by atoms with Crippen LogP contribution in [0.1, 0.15) is 201 Å². The lowest BCUT2D eigenvalue weighted by Gasteiger charge is -2.24. The molecule has 0 spiro atoms. The fourth-order valence-electron chi connectivity index (χ4n) is 6.61. The minimum absolute atomic E-state index is 0.0350. The van der Waals surface area contributed by atoms with Crippen molar-refractivity contribution in [2.45, 2.75) is 219 Å². The smallest absolute Gasteiger partial charge is 0.306 e. The molecule has 0 radical (unpaired) electrons. The first-order chi connectivity index (χ1) is 28.0. The number of nitrogens with one attached hydrogen (secondary N) is 1. The second-order valence-corrected chi connectivity index (χ2v) is 15.5. The zero-order valence-corrected chi connectivity index (χ0v) is 36.9. The molecule has 1 amide bonds. The first kappa shape index (κ1) is 54.0. The minimum atomic E-state index is -0.806. The molecule has 0 aliphatic rings. The predicted octanol–water partition coefficient (Wildman–Crippen LogP) is 13.6. The van der Waals surface area contributed by atoms with Crippen LogP contribution in [0.5, 0.6) is 0 Å². The molecule has 0 fully saturated rings. The lowest BCUT2D eigenvalue weighted by atomic mass is 10.0. The summed E-state index contributed by atoms with van der Waals surface area (Å²) in [5, 5.41) is 23.7. The number of hydrogen-bond donors (Lipinski definition) is 3. The van der Waals surface area contributed by atoms with Crippen molar-refractivity contribution in [3.8, 4) is 0 Å². The Morgan fingerprint density at radius 2 is 1.04 bits per heavy atom. The fourth-order valence-corrected chi connectivity index (χ4v) is 6.61. The Labute approximate surface area is 351 Å². The molecular formula is C51H87NO5. The maximum absolute atomic E-state index is 13.1. The number of aliphatic hydroxyl groups is 2. The van der Waals surface area contributed by atoms with E-state index in [2.05, 4.69) is 56.5 Å². The van der Waals surface area contributed by atoms with Crippen LogP contribution in [0.2, 0.25) is 0 Å². The summed E-state index contributed by atoms with van der Waals surface area (Å²) >= 11 is 0. The number of unbranched alkanes of at least 4 members (excludes halogenated alkanes) is 18. The van der Waals surface area contributed by atoms with E-state index in [1.807, 2.05) is 54.7 Å². The minimum Gasteiger partial charge on any atom is -0.462 e. The summed E-state index contributed by atoms with van der Waals surface area (Å²) in [6.07, 6.45) is 56.4. The summed E-state index contributed by atoms with van der Waals surface area (Å²) in [7, 11) is 0. The highest BCUT2D eigenvalue weighted by atomic mass is 16.5. The maximum atomic E-state index is 13.1. The van der Waals surface area contributed by atoms with Crippen LogP contribution in [-0.2, 0) is 14.3 Å². The van der Waals surface area contributed by atoms with E-state index in [4.69, 9.17) is 4.74 Å². The SMILES string of the molecule is CC/C=C/C=C/C=C\C=C/C=C/CCCC(=O)OC(CCCCCCC/C=C/C/C=C/CC)CC(=O)NC(CO)C(O)CCCCCCCCCCCCCCC. The van der Waals surface area contributed by atoms with Crippen LogP contribution < -0.4 is 5.32 Å². The lowest BCUT2D eigenvalue weighted by Crippen LogP contribution is -2.46. The highest BCUT2D eigenvalue weighted by molar-refractivity contribution is 5.77.